The van der Waals surface area contributed by atoms with Crippen LogP contribution in [0.25, 0.3) is 164 Å². The lowest BCUT2D eigenvalue weighted by Gasteiger charge is -2.29. The Morgan fingerprint density at radius 2 is 0.549 bits per heavy atom. The average Bonchev–Trinajstić information content (AvgIpc) is 4.23. The second-order valence-electron chi connectivity index (χ2n) is 21.6. The van der Waals surface area contributed by atoms with Crippen molar-refractivity contribution in [3.63, 3.8) is 0 Å². The van der Waals surface area contributed by atoms with Crippen LogP contribution in [0.3, 0.4) is 0 Å². The average molecular weight is 1040 g/mol. The van der Waals surface area contributed by atoms with Gasteiger partial charge in [-0.2, -0.15) is 5.26 Å². The summed E-state index contributed by atoms with van der Waals surface area (Å²) in [5.74, 6) is 0. The number of nitriles is 1. The van der Waals surface area contributed by atoms with Crippen molar-refractivity contribution < 1.29 is 0 Å². The monoisotopic (exact) mass is 1040 g/mol. The van der Waals surface area contributed by atoms with Gasteiger partial charge in [0.2, 0.25) is 0 Å². The first-order chi connectivity index (χ1) is 40.7. The minimum Gasteiger partial charge on any atom is -0.307 e. The Morgan fingerprint density at radius 3 is 0.902 bits per heavy atom. The van der Waals surface area contributed by atoms with E-state index in [1.54, 1.807) is 0 Å². The first kappa shape index (κ1) is 44.7. The predicted molar refractivity (Wildman–Crippen MR) is 342 cm³/mol. The maximum absolute atomic E-state index is 13.1. The molecule has 0 bridgehead atoms. The Morgan fingerprint density at radius 1 is 0.256 bits per heavy atom. The van der Waals surface area contributed by atoms with Crippen molar-refractivity contribution in [3.05, 3.63) is 273 Å². The molecule has 0 amide bonds. The van der Waals surface area contributed by atoms with Gasteiger partial charge in [0, 0.05) is 61.0 Å². The zero-order valence-electron chi connectivity index (χ0n) is 44.1. The molecule has 82 heavy (non-hydrogen) atoms. The van der Waals surface area contributed by atoms with Crippen LogP contribution in [0.4, 0.5) is 0 Å². The van der Waals surface area contributed by atoms with Crippen LogP contribution >= 0.6 is 0 Å². The molecule has 0 aliphatic heterocycles. The summed E-state index contributed by atoms with van der Waals surface area (Å²) in [5, 5.41) is 31.3. The summed E-state index contributed by atoms with van der Waals surface area (Å²) in [6, 6.07) is 95.7. The summed E-state index contributed by atoms with van der Waals surface area (Å²) in [6.45, 7) is 0. The molecule has 0 saturated carbocycles. The van der Waals surface area contributed by atoms with Crippen LogP contribution < -0.4 is 0 Å². The van der Waals surface area contributed by atoms with E-state index in [-0.39, 0.29) is 0 Å². The fourth-order valence-corrected chi connectivity index (χ4v) is 14.4. The number of rotatable bonds is 5. The van der Waals surface area contributed by atoms with Gasteiger partial charge in [0.1, 0.15) is 11.6 Å². The van der Waals surface area contributed by atoms with Gasteiger partial charge in [0.05, 0.1) is 66.9 Å². The first-order valence-electron chi connectivity index (χ1n) is 27.9. The second kappa shape index (κ2) is 16.9. The number of benzene rings is 13. The molecule has 5 heterocycles. The fourth-order valence-electron chi connectivity index (χ4n) is 14.4. The highest BCUT2D eigenvalue weighted by Gasteiger charge is 2.35. The lowest BCUT2D eigenvalue weighted by molar-refractivity contribution is 1.03. The summed E-state index contributed by atoms with van der Waals surface area (Å²) < 4.78 is 9.88. The summed E-state index contributed by atoms with van der Waals surface area (Å²) >= 11 is 0. The number of hydrogen-bond donors (Lipinski definition) is 0. The van der Waals surface area contributed by atoms with Gasteiger partial charge < -0.3 is 18.3 Å². The van der Waals surface area contributed by atoms with Crippen molar-refractivity contribution in [3.8, 4) is 39.9 Å². The zero-order chi connectivity index (χ0) is 53.7. The zero-order valence-corrected chi connectivity index (χ0v) is 44.1. The summed E-state index contributed by atoms with van der Waals surface area (Å²) in [6.07, 6.45) is 3.79. The van der Waals surface area contributed by atoms with Crippen molar-refractivity contribution in [1.29, 1.82) is 5.26 Å². The molecule has 0 aliphatic carbocycles. The Labute approximate surface area is 469 Å². The second-order valence-corrected chi connectivity index (χ2v) is 21.6. The van der Waals surface area contributed by atoms with Gasteiger partial charge in [-0.3, -0.25) is 4.98 Å². The Balaban J connectivity index is 1.20. The van der Waals surface area contributed by atoms with E-state index in [1.807, 2.05) is 12.4 Å². The van der Waals surface area contributed by atoms with E-state index in [4.69, 9.17) is 4.98 Å². The lowest BCUT2D eigenvalue weighted by atomic mass is 9.93. The van der Waals surface area contributed by atoms with Crippen molar-refractivity contribution >= 4 is 130 Å². The van der Waals surface area contributed by atoms with E-state index in [0.29, 0.717) is 5.56 Å². The highest BCUT2D eigenvalue weighted by molar-refractivity contribution is 6.27. The van der Waals surface area contributed by atoms with E-state index in [0.717, 1.165) is 159 Å². The van der Waals surface area contributed by atoms with Crippen molar-refractivity contribution in [2.75, 3.05) is 0 Å². The normalized spacial score (nSPS) is 12.1. The molecule has 6 heteroatoms. The third kappa shape index (κ3) is 5.92. The van der Waals surface area contributed by atoms with E-state index in [9.17, 15) is 5.26 Å². The predicted octanol–water partition coefficient (Wildman–Crippen LogP) is 19.6. The molecular weight excluding hydrogens is 997 g/mol. The fraction of sp³-hybridized carbons (Fsp3) is 0. The van der Waals surface area contributed by atoms with Gasteiger partial charge in [-0.05, 0) is 109 Å². The molecule has 0 saturated heterocycles. The molecule has 0 fully saturated rings. The topological polar surface area (TPSA) is 56.4 Å². The van der Waals surface area contributed by atoms with Crippen molar-refractivity contribution in [2.45, 2.75) is 0 Å². The van der Waals surface area contributed by atoms with Crippen LogP contribution in [0.1, 0.15) is 5.56 Å². The number of pyridine rings is 1. The minimum absolute atomic E-state index is 0.523. The van der Waals surface area contributed by atoms with Gasteiger partial charge in [0.15, 0.2) is 0 Å². The maximum atomic E-state index is 13.1. The highest BCUT2D eigenvalue weighted by atomic mass is 15.1. The van der Waals surface area contributed by atoms with Crippen LogP contribution in [-0.4, -0.2) is 23.3 Å². The third-order valence-corrected chi connectivity index (χ3v) is 17.6. The molecule has 18 rings (SSSR count). The molecule has 18 aromatic rings. The van der Waals surface area contributed by atoms with Crippen LogP contribution in [-0.2, 0) is 0 Å². The number of hydrogen-bond acceptors (Lipinski definition) is 2. The Kier molecular flexibility index (Phi) is 9.20. The molecule has 13 aromatic carbocycles. The van der Waals surface area contributed by atoms with Gasteiger partial charge in [-0.1, -0.05) is 194 Å². The van der Waals surface area contributed by atoms with E-state index < -0.39 is 0 Å². The summed E-state index contributed by atoms with van der Waals surface area (Å²) in [5.41, 5.74) is 13.8. The first-order valence-corrected chi connectivity index (χ1v) is 27.9. The number of nitrogens with zero attached hydrogens (tertiary/aromatic N) is 6. The molecular formula is C76H44N6. The summed E-state index contributed by atoms with van der Waals surface area (Å²) in [7, 11) is 0. The van der Waals surface area contributed by atoms with Gasteiger partial charge in [-0.15, -0.1) is 0 Å². The van der Waals surface area contributed by atoms with Crippen LogP contribution in [0, 0.1) is 11.3 Å². The van der Waals surface area contributed by atoms with E-state index in [2.05, 4.69) is 279 Å². The largest absolute Gasteiger partial charge is 0.307 e. The SMILES string of the molecule is N#Cc1c(-n2c3ccccc3c3c4ccccc4ccc32)c(-c2ccncc2)c(-n2c3ccccc3c3c4ccccc4ccc32)c(-n2c3ccccc3c3c4ccccc4ccc32)c1-n1c2ccccc2c2c3ccccc3ccc21. The molecule has 5 aromatic heterocycles. The number of fused-ring (bicyclic) bond motifs is 20. The number of para-hydroxylation sites is 4. The molecule has 0 unspecified atom stereocenters. The molecule has 0 spiro atoms. The Hall–Kier alpha value is -11.3. The van der Waals surface area contributed by atoms with Crippen LogP contribution in [0.15, 0.2) is 267 Å². The number of aromatic nitrogens is 5. The standard InChI is InChI=1S/C76H44N6/c77-45-59-73(79-60-29-13-9-25-55(60)69-51-21-5-1-17-46(51)33-37-64(69)79)68(50-41-43-78-44-42-50)75(81-62-31-15-11-27-57(62)71-53-23-7-3-19-48(53)35-39-66(71)81)76(82-63-32-16-12-28-58(63)72-54-24-8-4-20-49(54)36-40-67(72)82)74(59)80-61-30-14-10-26-56(61)70-52-22-6-2-18-47(52)34-38-65(70)80/h1-44H. The van der Waals surface area contributed by atoms with Gasteiger partial charge in [0.25, 0.3) is 0 Å². The molecule has 6 nitrogen and oxygen atoms in total. The van der Waals surface area contributed by atoms with Crippen molar-refractivity contribution in [2.24, 2.45) is 0 Å². The summed E-state index contributed by atoms with van der Waals surface area (Å²) in [4.78, 5) is 4.71. The van der Waals surface area contributed by atoms with E-state index in [1.165, 1.54) is 5.39 Å². The quantitative estimate of drug-likeness (QED) is 0.172. The smallest absolute Gasteiger partial charge is 0.104 e. The molecule has 378 valence electrons. The molecule has 0 atom stereocenters. The molecule has 0 N–H and O–H groups in total. The lowest BCUT2D eigenvalue weighted by Crippen LogP contribution is -2.16. The molecule has 0 aliphatic rings. The van der Waals surface area contributed by atoms with Crippen LogP contribution in [0.2, 0.25) is 0 Å². The molecule has 0 radical (unpaired) electrons. The minimum atomic E-state index is 0.523. The van der Waals surface area contributed by atoms with Gasteiger partial charge in [-0.25, -0.2) is 0 Å². The van der Waals surface area contributed by atoms with Crippen molar-refractivity contribution in [1.82, 2.24) is 23.3 Å². The van der Waals surface area contributed by atoms with E-state index >= 15 is 0 Å². The Bertz CT molecular complexity index is 5840. The maximum Gasteiger partial charge on any atom is 0.104 e. The van der Waals surface area contributed by atoms with Gasteiger partial charge >= 0.3 is 0 Å². The van der Waals surface area contributed by atoms with Crippen LogP contribution in [0.5, 0.6) is 0 Å². The highest BCUT2D eigenvalue weighted by Crippen LogP contribution is 2.53. The third-order valence-electron chi connectivity index (χ3n) is 17.6.